The van der Waals surface area contributed by atoms with Crippen LogP contribution in [0.25, 0.3) is 0 Å². The SMILES string of the molecule is Cc1nn(CCC(=O)NCCC2CCNC2)c(C)c1[N+](=O)[O-]. The molecule has 1 saturated heterocycles. The third-order valence-corrected chi connectivity index (χ3v) is 4.11. The monoisotopic (exact) mass is 309 g/mol. The fourth-order valence-corrected chi connectivity index (χ4v) is 2.84. The topological polar surface area (TPSA) is 102 Å². The summed E-state index contributed by atoms with van der Waals surface area (Å²) in [7, 11) is 0. The molecule has 1 fully saturated rings. The van der Waals surface area contributed by atoms with Gasteiger partial charge in [0, 0.05) is 13.0 Å². The standard InChI is InChI=1S/C14H23N5O3/c1-10-14(19(21)22)11(2)18(17-10)8-5-13(20)16-7-4-12-3-6-15-9-12/h12,15H,3-9H2,1-2H3,(H,16,20). The maximum absolute atomic E-state index is 11.8. The first-order valence-electron chi connectivity index (χ1n) is 7.65. The van der Waals surface area contributed by atoms with Crippen LogP contribution in [0.15, 0.2) is 0 Å². The van der Waals surface area contributed by atoms with E-state index in [0.29, 0.717) is 30.4 Å². The molecular weight excluding hydrogens is 286 g/mol. The van der Waals surface area contributed by atoms with E-state index in [0.717, 1.165) is 19.5 Å². The predicted octanol–water partition coefficient (Wildman–Crippen LogP) is 0.914. The van der Waals surface area contributed by atoms with Gasteiger partial charge in [-0.3, -0.25) is 19.6 Å². The molecule has 1 aliphatic heterocycles. The van der Waals surface area contributed by atoms with Crippen molar-refractivity contribution in [2.75, 3.05) is 19.6 Å². The maximum atomic E-state index is 11.8. The van der Waals surface area contributed by atoms with Crippen LogP contribution in [0.5, 0.6) is 0 Å². The van der Waals surface area contributed by atoms with E-state index in [4.69, 9.17) is 0 Å². The van der Waals surface area contributed by atoms with Gasteiger partial charge in [0.2, 0.25) is 5.91 Å². The zero-order valence-corrected chi connectivity index (χ0v) is 13.1. The zero-order chi connectivity index (χ0) is 16.1. The minimum atomic E-state index is -0.427. The van der Waals surface area contributed by atoms with E-state index in [1.807, 2.05) is 0 Å². The summed E-state index contributed by atoms with van der Waals surface area (Å²) in [5, 5.41) is 21.3. The summed E-state index contributed by atoms with van der Waals surface area (Å²) in [4.78, 5) is 22.3. The largest absolute Gasteiger partial charge is 0.356 e. The van der Waals surface area contributed by atoms with Crippen molar-refractivity contribution in [3.05, 3.63) is 21.5 Å². The number of nitro groups is 1. The molecule has 0 bridgehead atoms. The Bertz CT molecular complexity index is 549. The lowest BCUT2D eigenvalue weighted by atomic mass is 10.1. The highest BCUT2D eigenvalue weighted by atomic mass is 16.6. The second-order valence-electron chi connectivity index (χ2n) is 5.75. The summed E-state index contributed by atoms with van der Waals surface area (Å²) in [6.45, 7) is 6.40. The maximum Gasteiger partial charge on any atom is 0.312 e. The Morgan fingerprint density at radius 2 is 2.32 bits per heavy atom. The lowest BCUT2D eigenvalue weighted by Gasteiger charge is -2.09. The molecule has 0 saturated carbocycles. The van der Waals surface area contributed by atoms with Crippen molar-refractivity contribution in [3.8, 4) is 0 Å². The van der Waals surface area contributed by atoms with Gasteiger partial charge in [0.15, 0.2) is 0 Å². The summed E-state index contributed by atoms with van der Waals surface area (Å²) in [6.07, 6.45) is 2.44. The Hall–Kier alpha value is -1.96. The Kier molecular flexibility index (Phi) is 5.48. The molecule has 1 aliphatic rings. The molecule has 2 N–H and O–H groups in total. The van der Waals surface area contributed by atoms with Crippen LogP contribution in [0.2, 0.25) is 0 Å². The second kappa shape index (κ2) is 7.35. The molecule has 1 atom stereocenters. The lowest BCUT2D eigenvalue weighted by Crippen LogP contribution is -2.27. The van der Waals surface area contributed by atoms with E-state index in [1.165, 1.54) is 11.1 Å². The van der Waals surface area contributed by atoms with Gasteiger partial charge in [-0.15, -0.1) is 0 Å². The smallest absolute Gasteiger partial charge is 0.312 e. The number of carbonyl (C=O) groups excluding carboxylic acids is 1. The van der Waals surface area contributed by atoms with Crippen LogP contribution in [-0.2, 0) is 11.3 Å². The molecule has 2 rings (SSSR count). The van der Waals surface area contributed by atoms with Gasteiger partial charge in [-0.2, -0.15) is 5.10 Å². The van der Waals surface area contributed by atoms with Gasteiger partial charge < -0.3 is 10.6 Å². The van der Waals surface area contributed by atoms with Crippen LogP contribution < -0.4 is 10.6 Å². The molecular formula is C14H23N5O3. The van der Waals surface area contributed by atoms with E-state index in [-0.39, 0.29) is 18.0 Å². The molecule has 2 heterocycles. The number of nitrogens with one attached hydrogen (secondary N) is 2. The summed E-state index contributed by atoms with van der Waals surface area (Å²) in [6, 6.07) is 0. The highest BCUT2D eigenvalue weighted by molar-refractivity contribution is 5.75. The Morgan fingerprint density at radius 3 is 2.91 bits per heavy atom. The van der Waals surface area contributed by atoms with Gasteiger partial charge in [0.25, 0.3) is 0 Å². The van der Waals surface area contributed by atoms with E-state index < -0.39 is 4.92 Å². The molecule has 1 amide bonds. The molecule has 122 valence electrons. The third kappa shape index (κ3) is 4.03. The van der Waals surface area contributed by atoms with Crippen LogP contribution in [-0.4, -0.2) is 40.2 Å². The molecule has 8 heteroatoms. The average Bonchev–Trinajstić information content (AvgIpc) is 3.05. The fraction of sp³-hybridized carbons (Fsp3) is 0.714. The minimum absolute atomic E-state index is 0.0362. The number of hydrogen-bond acceptors (Lipinski definition) is 5. The molecule has 1 aromatic heterocycles. The van der Waals surface area contributed by atoms with Crippen LogP contribution in [0.1, 0.15) is 30.7 Å². The Labute approximate surface area is 129 Å². The molecule has 1 aromatic rings. The van der Waals surface area contributed by atoms with Crippen molar-refractivity contribution in [2.45, 2.75) is 39.7 Å². The van der Waals surface area contributed by atoms with E-state index in [2.05, 4.69) is 15.7 Å². The van der Waals surface area contributed by atoms with Crippen molar-refractivity contribution in [2.24, 2.45) is 5.92 Å². The molecule has 0 radical (unpaired) electrons. The fourth-order valence-electron chi connectivity index (χ4n) is 2.84. The first-order chi connectivity index (χ1) is 10.5. The van der Waals surface area contributed by atoms with Crippen LogP contribution >= 0.6 is 0 Å². The highest BCUT2D eigenvalue weighted by Gasteiger charge is 2.21. The van der Waals surface area contributed by atoms with Crippen LogP contribution in [0.3, 0.4) is 0 Å². The van der Waals surface area contributed by atoms with Crippen molar-refractivity contribution < 1.29 is 9.72 Å². The molecule has 0 aromatic carbocycles. The van der Waals surface area contributed by atoms with Crippen LogP contribution in [0.4, 0.5) is 5.69 Å². The quantitative estimate of drug-likeness (QED) is 0.576. The molecule has 0 spiro atoms. The summed E-state index contributed by atoms with van der Waals surface area (Å²) < 4.78 is 1.54. The van der Waals surface area contributed by atoms with Crippen molar-refractivity contribution in [3.63, 3.8) is 0 Å². The van der Waals surface area contributed by atoms with Gasteiger partial charge in [-0.1, -0.05) is 0 Å². The Morgan fingerprint density at radius 1 is 1.55 bits per heavy atom. The van der Waals surface area contributed by atoms with Gasteiger partial charge in [0.1, 0.15) is 11.4 Å². The number of aryl methyl sites for hydroxylation is 2. The van der Waals surface area contributed by atoms with E-state index in [9.17, 15) is 14.9 Å². The molecule has 1 unspecified atom stereocenters. The summed E-state index contributed by atoms with van der Waals surface area (Å²) in [5.74, 6) is 0.611. The number of nitrogens with zero attached hydrogens (tertiary/aromatic N) is 3. The third-order valence-electron chi connectivity index (χ3n) is 4.11. The lowest BCUT2D eigenvalue weighted by molar-refractivity contribution is -0.386. The number of amides is 1. The van der Waals surface area contributed by atoms with Gasteiger partial charge >= 0.3 is 5.69 Å². The van der Waals surface area contributed by atoms with Gasteiger partial charge in [-0.25, -0.2) is 0 Å². The average molecular weight is 309 g/mol. The molecule has 0 aliphatic carbocycles. The van der Waals surface area contributed by atoms with Crippen molar-refractivity contribution in [1.29, 1.82) is 0 Å². The minimum Gasteiger partial charge on any atom is -0.356 e. The number of hydrogen-bond donors (Lipinski definition) is 2. The van der Waals surface area contributed by atoms with E-state index >= 15 is 0 Å². The van der Waals surface area contributed by atoms with Gasteiger partial charge in [-0.05, 0) is 45.7 Å². The highest BCUT2D eigenvalue weighted by Crippen LogP contribution is 2.21. The van der Waals surface area contributed by atoms with Gasteiger partial charge in [0.05, 0.1) is 11.5 Å². The Balaban J connectivity index is 1.76. The predicted molar refractivity (Wildman–Crippen MR) is 81.6 cm³/mol. The normalized spacial score (nSPS) is 17.6. The first-order valence-corrected chi connectivity index (χ1v) is 7.65. The summed E-state index contributed by atoms with van der Waals surface area (Å²) >= 11 is 0. The summed E-state index contributed by atoms with van der Waals surface area (Å²) in [5.41, 5.74) is 0.915. The zero-order valence-electron chi connectivity index (χ0n) is 13.1. The number of aromatic nitrogens is 2. The number of rotatable bonds is 7. The number of carbonyl (C=O) groups is 1. The molecule has 22 heavy (non-hydrogen) atoms. The van der Waals surface area contributed by atoms with Crippen LogP contribution in [0, 0.1) is 29.9 Å². The first kappa shape index (κ1) is 16.4. The second-order valence-corrected chi connectivity index (χ2v) is 5.75. The van der Waals surface area contributed by atoms with Crippen molar-refractivity contribution in [1.82, 2.24) is 20.4 Å². The van der Waals surface area contributed by atoms with E-state index in [1.54, 1.807) is 13.8 Å². The van der Waals surface area contributed by atoms with Crippen molar-refractivity contribution >= 4 is 11.6 Å². The molecule has 8 nitrogen and oxygen atoms in total.